The van der Waals surface area contributed by atoms with Crippen molar-refractivity contribution in [1.29, 1.82) is 0 Å². The van der Waals surface area contributed by atoms with Crippen LogP contribution in [0.5, 0.6) is 0 Å². The zero-order chi connectivity index (χ0) is 9.40. The standard InChI is InChI=1S/C8H17NO2S/c1-3-7(8(10)11)9-5-4-6-12-2/h7,9H,3-6H2,1-2H3,(H,10,11). The van der Waals surface area contributed by atoms with Gasteiger partial charge in [-0.05, 0) is 31.4 Å². The van der Waals surface area contributed by atoms with E-state index in [0.717, 1.165) is 18.7 Å². The summed E-state index contributed by atoms with van der Waals surface area (Å²) in [5.41, 5.74) is 0. The number of hydrogen-bond acceptors (Lipinski definition) is 3. The zero-order valence-corrected chi connectivity index (χ0v) is 8.49. The lowest BCUT2D eigenvalue weighted by molar-refractivity contribution is -0.139. The SMILES string of the molecule is CCC(NCCCSC)C(=O)O. The van der Waals surface area contributed by atoms with Crippen LogP contribution in [0.4, 0.5) is 0 Å². The molecule has 0 spiro atoms. The Bertz CT molecular complexity index is 130. The number of aliphatic carboxylic acids is 1. The van der Waals surface area contributed by atoms with Crippen LogP contribution in [0.1, 0.15) is 19.8 Å². The molecule has 0 heterocycles. The highest BCUT2D eigenvalue weighted by atomic mass is 32.2. The van der Waals surface area contributed by atoms with Crippen LogP contribution < -0.4 is 5.32 Å². The van der Waals surface area contributed by atoms with Gasteiger partial charge in [-0.2, -0.15) is 11.8 Å². The summed E-state index contributed by atoms with van der Waals surface area (Å²) in [6, 6.07) is -0.369. The summed E-state index contributed by atoms with van der Waals surface area (Å²) in [5.74, 6) is 0.338. The first kappa shape index (κ1) is 11.8. The van der Waals surface area contributed by atoms with Crippen LogP contribution in [0.25, 0.3) is 0 Å². The van der Waals surface area contributed by atoms with Gasteiger partial charge in [0.1, 0.15) is 6.04 Å². The molecule has 0 fully saturated rings. The molecule has 3 nitrogen and oxygen atoms in total. The highest BCUT2D eigenvalue weighted by Crippen LogP contribution is 1.95. The van der Waals surface area contributed by atoms with Crippen LogP contribution in [0, 0.1) is 0 Å². The van der Waals surface area contributed by atoms with E-state index in [9.17, 15) is 4.79 Å². The van der Waals surface area contributed by atoms with E-state index in [-0.39, 0.29) is 6.04 Å². The maximum atomic E-state index is 10.5. The molecule has 1 unspecified atom stereocenters. The lowest BCUT2D eigenvalue weighted by Gasteiger charge is -2.10. The molecule has 12 heavy (non-hydrogen) atoms. The third-order valence-electron chi connectivity index (χ3n) is 1.62. The van der Waals surface area contributed by atoms with Crippen LogP contribution in [-0.2, 0) is 4.79 Å². The first-order chi connectivity index (χ1) is 5.72. The van der Waals surface area contributed by atoms with E-state index in [0.29, 0.717) is 6.42 Å². The Morgan fingerprint density at radius 3 is 2.75 bits per heavy atom. The van der Waals surface area contributed by atoms with Crippen molar-refractivity contribution >= 4 is 17.7 Å². The van der Waals surface area contributed by atoms with Gasteiger partial charge < -0.3 is 10.4 Å². The smallest absolute Gasteiger partial charge is 0.320 e. The largest absolute Gasteiger partial charge is 0.480 e. The maximum Gasteiger partial charge on any atom is 0.320 e. The van der Waals surface area contributed by atoms with Gasteiger partial charge in [0.2, 0.25) is 0 Å². The minimum absolute atomic E-state index is 0.369. The van der Waals surface area contributed by atoms with Crippen molar-refractivity contribution in [3.8, 4) is 0 Å². The molecule has 0 aromatic heterocycles. The molecular weight excluding hydrogens is 174 g/mol. The average molecular weight is 191 g/mol. The van der Waals surface area contributed by atoms with E-state index >= 15 is 0 Å². The molecule has 2 N–H and O–H groups in total. The predicted molar refractivity (Wildman–Crippen MR) is 52.7 cm³/mol. The van der Waals surface area contributed by atoms with Crippen LogP contribution in [0.2, 0.25) is 0 Å². The van der Waals surface area contributed by atoms with Gasteiger partial charge in [-0.3, -0.25) is 4.79 Å². The lowest BCUT2D eigenvalue weighted by Crippen LogP contribution is -2.36. The van der Waals surface area contributed by atoms with Gasteiger partial charge in [0.05, 0.1) is 0 Å². The van der Waals surface area contributed by atoms with Gasteiger partial charge in [0.25, 0.3) is 0 Å². The Morgan fingerprint density at radius 2 is 2.33 bits per heavy atom. The molecule has 0 rings (SSSR count). The monoisotopic (exact) mass is 191 g/mol. The molecule has 0 bridgehead atoms. The molecule has 0 saturated carbocycles. The van der Waals surface area contributed by atoms with Crippen LogP contribution in [0.15, 0.2) is 0 Å². The summed E-state index contributed by atoms with van der Waals surface area (Å²) in [5, 5.41) is 11.7. The summed E-state index contributed by atoms with van der Waals surface area (Å²) >= 11 is 1.78. The summed E-state index contributed by atoms with van der Waals surface area (Å²) in [6.45, 7) is 2.67. The van der Waals surface area contributed by atoms with Crippen molar-refractivity contribution in [1.82, 2.24) is 5.32 Å². The molecule has 0 aliphatic carbocycles. The van der Waals surface area contributed by atoms with Crippen molar-refractivity contribution in [2.24, 2.45) is 0 Å². The van der Waals surface area contributed by atoms with Crippen molar-refractivity contribution in [3.63, 3.8) is 0 Å². The number of rotatable bonds is 7. The quantitative estimate of drug-likeness (QED) is 0.594. The van der Waals surface area contributed by atoms with Crippen molar-refractivity contribution in [2.45, 2.75) is 25.8 Å². The van der Waals surface area contributed by atoms with Crippen molar-refractivity contribution in [3.05, 3.63) is 0 Å². The first-order valence-corrected chi connectivity index (χ1v) is 5.56. The molecule has 0 aliphatic rings. The second kappa shape index (κ2) is 7.43. The Morgan fingerprint density at radius 1 is 1.67 bits per heavy atom. The van der Waals surface area contributed by atoms with E-state index in [2.05, 4.69) is 11.6 Å². The summed E-state index contributed by atoms with van der Waals surface area (Å²) in [6.07, 6.45) is 3.73. The number of carboxylic acid groups (broad SMARTS) is 1. The first-order valence-electron chi connectivity index (χ1n) is 4.17. The van der Waals surface area contributed by atoms with Gasteiger partial charge in [0.15, 0.2) is 0 Å². The number of carboxylic acids is 1. The van der Waals surface area contributed by atoms with Crippen LogP contribution >= 0.6 is 11.8 Å². The average Bonchev–Trinajstić information content (AvgIpc) is 2.04. The molecule has 0 radical (unpaired) electrons. The molecule has 1 atom stereocenters. The molecule has 4 heteroatoms. The van der Waals surface area contributed by atoms with Crippen molar-refractivity contribution < 1.29 is 9.90 Å². The van der Waals surface area contributed by atoms with E-state index in [4.69, 9.17) is 5.11 Å². The third-order valence-corrected chi connectivity index (χ3v) is 2.32. The van der Waals surface area contributed by atoms with Gasteiger partial charge in [-0.15, -0.1) is 0 Å². The predicted octanol–water partition coefficient (Wildman–Crippen LogP) is 1.19. The maximum absolute atomic E-state index is 10.5. The number of carbonyl (C=O) groups is 1. The Hall–Kier alpha value is -0.220. The molecule has 0 aromatic carbocycles. The fourth-order valence-corrected chi connectivity index (χ4v) is 1.33. The Kier molecular flexibility index (Phi) is 7.29. The summed E-state index contributed by atoms with van der Waals surface area (Å²) < 4.78 is 0. The Balaban J connectivity index is 3.38. The van der Waals surface area contributed by atoms with E-state index < -0.39 is 5.97 Å². The number of hydrogen-bond donors (Lipinski definition) is 2. The minimum Gasteiger partial charge on any atom is -0.480 e. The van der Waals surface area contributed by atoms with Crippen LogP contribution in [0.3, 0.4) is 0 Å². The topological polar surface area (TPSA) is 49.3 Å². The lowest BCUT2D eigenvalue weighted by atomic mass is 10.2. The molecule has 0 saturated heterocycles. The second-order valence-electron chi connectivity index (χ2n) is 2.60. The molecule has 0 aromatic rings. The molecule has 72 valence electrons. The van der Waals surface area contributed by atoms with E-state index in [1.807, 2.05) is 6.92 Å². The molecule has 0 amide bonds. The normalized spacial score (nSPS) is 12.8. The second-order valence-corrected chi connectivity index (χ2v) is 3.59. The minimum atomic E-state index is -0.748. The van der Waals surface area contributed by atoms with Gasteiger partial charge in [0, 0.05) is 0 Å². The highest BCUT2D eigenvalue weighted by molar-refractivity contribution is 7.98. The Labute approximate surface area is 77.9 Å². The fourth-order valence-electron chi connectivity index (χ4n) is 0.899. The van der Waals surface area contributed by atoms with Gasteiger partial charge in [-0.1, -0.05) is 6.92 Å². The summed E-state index contributed by atoms with van der Waals surface area (Å²) in [7, 11) is 0. The molecule has 0 aliphatic heterocycles. The van der Waals surface area contributed by atoms with Gasteiger partial charge >= 0.3 is 5.97 Å². The van der Waals surface area contributed by atoms with Crippen LogP contribution in [-0.4, -0.2) is 35.7 Å². The zero-order valence-electron chi connectivity index (χ0n) is 7.67. The molecular formula is C8H17NO2S. The highest BCUT2D eigenvalue weighted by Gasteiger charge is 2.12. The third kappa shape index (κ3) is 5.43. The fraction of sp³-hybridized carbons (Fsp3) is 0.875. The summed E-state index contributed by atoms with van der Waals surface area (Å²) in [4.78, 5) is 10.5. The van der Waals surface area contributed by atoms with E-state index in [1.54, 1.807) is 11.8 Å². The van der Waals surface area contributed by atoms with Gasteiger partial charge in [-0.25, -0.2) is 0 Å². The van der Waals surface area contributed by atoms with Crippen molar-refractivity contribution in [2.75, 3.05) is 18.6 Å². The number of thioether (sulfide) groups is 1. The number of nitrogens with one attached hydrogen (secondary N) is 1. The van der Waals surface area contributed by atoms with E-state index in [1.165, 1.54) is 0 Å².